The van der Waals surface area contributed by atoms with E-state index >= 15 is 0 Å². The third kappa shape index (κ3) is 2.24. The van der Waals surface area contributed by atoms with Gasteiger partial charge in [0, 0.05) is 18.1 Å². The number of halogens is 2. The summed E-state index contributed by atoms with van der Waals surface area (Å²) >= 11 is 0. The van der Waals surface area contributed by atoms with Crippen molar-refractivity contribution >= 4 is 16.8 Å². The Kier molecular flexibility index (Phi) is 3.34. The second-order valence-electron chi connectivity index (χ2n) is 5.01. The number of carbonyl (C=O) groups is 1. The van der Waals surface area contributed by atoms with Gasteiger partial charge in [-0.25, -0.2) is 8.78 Å². The fourth-order valence-electron chi connectivity index (χ4n) is 2.65. The number of fused-ring (bicyclic) bond motifs is 1. The van der Waals surface area contributed by atoms with Gasteiger partial charge in [0.1, 0.15) is 12.5 Å². The summed E-state index contributed by atoms with van der Waals surface area (Å²) < 4.78 is 26.1. The summed E-state index contributed by atoms with van der Waals surface area (Å²) in [7, 11) is 0. The summed E-state index contributed by atoms with van der Waals surface area (Å²) in [4.78, 5) is 18.1. The van der Waals surface area contributed by atoms with Crippen molar-refractivity contribution in [3.63, 3.8) is 0 Å². The first kappa shape index (κ1) is 13.0. The van der Waals surface area contributed by atoms with Gasteiger partial charge in [-0.15, -0.1) is 0 Å². The molecule has 1 aliphatic heterocycles. The number of rotatable bonds is 2. The standard InChI is InChI=1S/C15H14F2N2O/c16-8-13-2-1-5-19(13)15(20)11-6-10-7-12(17)3-4-14(10)18-9-11/h3-4,6-7,9,13H,1-2,5,8H2. The molecule has 0 aliphatic carbocycles. The van der Waals surface area contributed by atoms with E-state index in [0.717, 1.165) is 6.42 Å². The van der Waals surface area contributed by atoms with Gasteiger partial charge in [-0.3, -0.25) is 9.78 Å². The van der Waals surface area contributed by atoms with Crippen LogP contribution in [0.1, 0.15) is 23.2 Å². The molecule has 20 heavy (non-hydrogen) atoms. The van der Waals surface area contributed by atoms with Crippen molar-refractivity contribution in [2.24, 2.45) is 0 Å². The molecule has 1 aromatic carbocycles. The van der Waals surface area contributed by atoms with E-state index in [2.05, 4.69) is 4.98 Å². The van der Waals surface area contributed by atoms with Crippen molar-refractivity contribution in [1.29, 1.82) is 0 Å². The van der Waals surface area contributed by atoms with E-state index in [4.69, 9.17) is 0 Å². The molecule has 5 heteroatoms. The van der Waals surface area contributed by atoms with Crippen LogP contribution in [0, 0.1) is 5.82 Å². The first-order chi connectivity index (χ1) is 9.69. The number of hydrogen-bond donors (Lipinski definition) is 0. The van der Waals surface area contributed by atoms with E-state index in [1.807, 2.05) is 0 Å². The Bertz CT molecular complexity index is 659. The highest BCUT2D eigenvalue weighted by Crippen LogP contribution is 2.22. The normalized spacial score (nSPS) is 18.7. The summed E-state index contributed by atoms with van der Waals surface area (Å²) in [5.74, 6) is -0.601. The van der Waals surface area contributed by atoms with Gasteiger partial charge in [0.25, 0.3) is 5.91 Å². The molecule has 2 heterocycles. The van der Waals surface area contributed by atoms with Crippen LogP contribution in [-0.2, 0) is 0 Å². The Labute approximate surface area is 115 Å². The molecule has 0 spiro atoms. The zero-order valence-electron chi connectivity index (χ0n) is 10.9. The van der Waals surface area contributed by atoms with Crippen LogP contribution in [0.25, 0.3) is 10.9 Å². The van der Waals surface area contributed by atoms with Crippen molar-refractivity contribution < 1.29 is 13.6 Å². The van der Waals surface area contributed by atoms with E-state index in [-0.39, 0.29) is 17.8 Å². The van der Waals surface area contributed by atoms with E-state index in [1.54, 1.807) is 17.0 Å². The van der Waals surface area contributed by atoms with Gasteiger partial charge in [-0.1, -0.05) is 0 Å². The lowest BCUT2D eigenvalue weighted by molar-refractivity contribution is 0.0716. The summed E-state index contributed by atoms with van der Waals surface area (Å²) in [6.45, 7) is 0.0377. The molecule has 1 unspecified atom stereocenters. The largest absolute Gasteiger partial charge is 0.333 e. The van der Waals surface area contributed by atoms with E-state index in [9.17, 15) is 13.6 Å². The molecule has 3 nitrogen and oxygen atoms in total. The van der Waals surface area contributed by atoms with Crippen LogP contribution in [-0.4, -0.2) is 35.1 Å². The number of benzene rings is 1. The maximum absolute atomic E-state index is 13.2. The van der Waals surface area contributed by atoms with Crippen LogP contribution in [0.15, 0.2) is 30.5 Å². The fourth-order valence-corrected chi connectivity index (χ4v) is 2.65. The highest BCUT2D eigenvalue weighted by atomic mass is 19.1. The van der Waals surface area contributed by atoms with Gasteiger partial charge in [-0.05, 0) is 37.1 Å². The summed E-state index contributed by atoms with van der Waals surface area (Å²) in [5, 5.41) is 0.576. The molecule has 104 valence electrons. The number of pyridine rings is 1. The number of amides is 1. The minimum Gasteiger partial charge on any atom is -0.333 e. The lowest BCUT2D eigenvalue weighted by Crippen LogP contribution is -2.36. The lowest BCUT2D eigenvalue weighted by Gasteiger charge is -2.22. The number of likely N-dealkylation sites (tertiary alicyclic amines) is 1. The smallest absolute Gasteiger partial charge is 0.255 e. The van der Waals surface area contributed by atoms with Crippen molar-refractivity contribution in [2.45, 2.75) is 18.9 Å². The van der Waals surface area contributed by atoms with E-state index in [1.165, 1.54) is 18.3 Å². The second-order valence-corrected chi connectivity index (χ2v) is 5.01. The predicted molar refractivity (Wildman–Crippen MR) is 71.7 cm³/mol. The number of aromatic nitrogens is 1. The van der Waals surface area contributed by atoms with Crippen molar-refractivity contribution in [3.05, 3.63) is 41.8 Å². The number of nitrogens with zero attached hydrogens (tertiary/aromatic N) is 2. The molecule has 2 aromatic rings. The molecule has 1 aromatic heterocycles. The Morgan fingerprint density at radius 3 is 3.05 bits per heavy atom. The van der Waals surface area contributed by atoms with Gasteiger partial charge in [0.15, 0.2) is 0 Å². The maximum atomic E-state index is 13.2. The van der Waals surface area contributed by atoms with Crippen molar-refractivity contribution in [2.75, 3.05) is 13.2 Å². The topological polar surface area (TPSA) is 33.2 Å². The highest BCUT2D eigenvalue weighted by Gasteiger charge is 2.29. The Morgan fingerprint density at radius 1 is 1.40 bits per heavy atom. The molecular formula is C15H14F2N2O. The average Bonchev–Trinajstić information content (AvgIpc) is 2.94. The summed E-state index contributed by atoms with van der Waals surface area (Å²) in [6, 6.07) is 5.51. The van der Waals surface area contributed by atoms with Gasteiger partial charge < -0.3 is 4.90 Å². The number of alkyl halides is 1. The van der Waals surface area contributed by atoms with Gasteiger partial charge in [0.2, 0.25) is 0 Å². The fraction of sp³-hybridized carbons (Fsp3) is 0.333. The first-order valence-electron chi connectivity index (χ1n) is 6.61. The molecule has 0 saturated carbocycles. The number of hydrogen-bond acceptors (Lipinski definition) is 2. The van der Waals surface area contributed by atoms with Crippen molar-refractivity contribution in [3.8, 4) is 0 Å². The second kappa shape index (κ2) is 5.15. The zero-order valence-corrected chi connectivity index (χ0v) is 10.9. The third-order valence-corrected chi connectivity index (χ3v) is 3.71. The lowest BCUT2D eigenvalue weighted by atomic mass is 10.1. The van der Waals surface area contributed by atoms with Gasteiger partial charge >= 0.3 is 0 Å². The Balaban J connectivity index is 1.95. The third-order valence-electron chi connectivity index (χ3n) is 3.71. The first-order valence-corrected chi connectivity index (χ1v) is 6.61. The van der Waals surface area contributed by atoms with Crippen LogP contribution in [0.2, 0.25) is 0 Å². The van der Waals surface area contributed by atoms with Crippen LogP contribution in [0.4, 0.5) is 8.78 Å². The SMILES string of the molecule is O=C(c1cnc2ccc(F)cc2c1)N1CCCC1CF. The Hall–Kier alpha value is -2.04. The minimum atomic E-state index is -0.526. The molecule has 3 rings (SSSR count). The quantitative estimate of drug-likeness (QED) is 0.845. The molecule has 0 bridgehead atoms. The van der Waals surface area contributed by atoms with E-state index in [0.29, 0.717) is 29.4 Å². The predicted octanol–water partition coefficient (Wildman–Crippen LogP) is 2.95. The molecule has 1 saturated heterocycles. The molecule has 0 radical (unpaired) electrons. The molecule has 1 fully saturated rings. The van der Waals surface area contributed by atoms with Crippen LogP contribution >= 0.6 is 0 Å². The van der Waals surface area contributed by atoms with E-state index < -0.39 is 6.67 Å². The maximum Gasteiger partial charge on any atom is 0.255 e. The van der Waals surface area contributed by atoms with Crippen LogP contribution in [0.5, 0.6) is 0 Å². The molecule has 1 atom stereocenters. The summed E-state index contributed by atoms with van der Waals surface area (Å²) in [6.07, 6.45) is 2.98. The summed E-state index contributed by atoms with van der Waals surface area (Å²) in [5.41, 5.74) is 1.01. The van der Waals surface area contributed by atoms with Gasteiger partial charge in [0.05, 0.1) is 17.1 Å². The molecule has 0 N–H and O–H groups in total. The molecular weight excluding hydrogens is 262 g/mol. The monoisotopic (exact) mass is 276 g/mol. The highest BCUT2D eigenvalue weighted by molar-refractivity contribution is 5.97. The minimum absolute atomic E-state index is 0.233. The van der Waals surface area contributed by atoms with Crippen LogP contribution in [0.3, 0.4) is 0 Å². The zero-order chi connectivity index (χ0) is 14.1. The Morgan fingerprint density at radius 2 is 2.25 bits per heavy atom. The number of carbonyl (C=O) groups excluding carboxylic acids is 1. The average molecular weight is 276 g/mol. The van der Waals surface area contributed by atoms with Crippen LogP contribution < -0.4 is 0 Å². The molecule has 1 amide bonds. The molecule has 1 aliphatic rings. The van der Waals surface area contributed by atoms with Gasteiger partial charge in [-0.2, -0.15) is 0 Å². The van der Waals surface area contributed by atoms with Crippen molar-refractivity contribution in [1.82, 2.24) is 9.88 Å².